The van der Waals surface area contributed by atoms with Gasteiger partial charge in [-0.25, -0.2) is 14.4 Å². The number of fused-ring (bicyclic) bond motifs is 1. The first-order chi connectivity index (χ1) is 18.4. The lowest BCUT2D eigenvalue weighted by Gasteiger charge is -2.39. The number of ether oxygens (including phenoxy) is 2. The number of phenols is 1. The molecular formula is C24H27N2O13+. The Morgan fingerprint density at radius 2 is 1.77 bits per heavy atom. The average molecular weight is 551 g/mol. The van der Waals surface area contributed by atoms with Gasteiger partial charge in [0.25, 0.3) is 6.04 Å². The minimum atomic E-state index is -1.73. The van der Waals surface area contributed by atoms with Crippen molar-refractivity contribution in [2.75, 3.05) is 6.61 Å². The molecule has 3 aliphatic rings. The fraction of sp³-hybridized carbons (Fsp3) is 0.417. The second kappa shape index (κ2) is 11.0. The molecule has 0 aromatic heterocycles. The monoisotopic (exact) mass is 551 g/mol. The van der Waals surface area contributed by atoms with Gasteiger partial charge >= 0.3 is 17.9 Å². The first kappa shape index (κ1) is 28.0. The highest BCUT2D eigenvalue weighted by atomic mass is 16.7. The number of carboxylic acids is 3. The van der Waals surface area contributed by atoms with Crippen LogP contribution in [0.5, 0.6) is 11.5 Å². The van der Waals surface area contributed by atoms with Gasteiger partial charge in [-0.1, -0.05) is 0 Å². The summed E-state index contributed by atoms with van der Waals surface area (Å²) in [6.45, 7) is -0.687. The molecule has 0 radical (unpaired) electrons. The summed E-state index contributed by atoms with van der Waals surface area (Å²) in [6.07, 6.45) is -4.03. The number of rotatable bonds is 7. The summed E-state index contributed by atoms with van der Waals surface area (Å²) in [5.41, 5.74) is 0.648. The van der Waals surface area contributed by atoms with Crippen molar-refractivity contribution in [2.24, 2.45) is 0 Å². The zero-order valence-corrected chi connectivity index (χ0v) is 20.1. The van der Waals surface area contributed by atoms with Crippen LogP contribution in [0.25, 0.3) is 0 Å². The summed E-state index contributed by atoms with van der Waals surface area (Å²) >= 11 is 0. The zero-order valence-electron chi connectivity index (χ0n) is 20.1. The van der Waals surface area contributed by atoms with E-state index in [2.05, 4.69) is 5.32 Å². The van der Waals surface area contributed by atoms with Gasteiger partial charge in [0, 0.05) is 18.1 Å². The van der Waals surface area contributed by atoms with Crippen molar-refractivity contribution in [1.29, 1.82) is 0 Å². The van der Waals surface area contributed by atoms with Gasteiger partial charge in [-0.15, -0.1) is 0 Å². The standard InChI is InChI=1S/C24H26N2O13/c27-8-17-18(29)19(30)20(31)24(39-17)38-16-6-10-5-14(23(36)37)26(13(10)7-15(16)28)2-1-9-3-11(21(32)33)25-12(4-9)22(34)35/h1-3,6-7,12,14,17-20,24,27,29-31H,4-5,8H2,(H4,28,32,33,34,35,36,37)/p+1/t12-,14-,17+,18-,19-,20+,24+/m0/s1. The molecular weight excluding hydrogens is 524 g/mol. The maximum Gasteiger partial charge on any atom is 0.373 e. The minimum absolute atomic E-state index is 0.0504. The number of benzene rings is 1. The Hall–Kier alpha value is -4.02. The highest BCUT2D eigenvalue weighted by molar-refractivity contribution is 5.89. The second-order valence-electron chi connectivity index (χ2n) is 9.22. The molecule has 0 spiro atoms. The fourth-order valence-electron chi connectivity index (χ4n) is 4.58. The molecule has 15 heteroatoms. The number of aliphatic carboxylic acids is 3. The predicted molar refractivity (Wildman–Crippen MR) is 127 cm³/mol. The minimum Gasteiger partial charge on any atom is -0.504 e. The number of allylic oxidation sites excluding steroid dienone is 2. The summed E-state index contributed by atoms with van der Waals surface area (Å²) < 4.78 is 12.1. The van der Waals surface area contributed by atoms with E-state index in [0.717, 1.165) is 0 Å². The Balaban J connectivity index is 1.66. The average Bonchev–Trinajstić information content (AvgIpc) is 3.24. The molecule has 0 unspecified atom stereocenters. The van der Waals surface area contributed by atoms with Crippen molar-refractivity contribution in [1.82, 2.24) is 5.32 Å². The van der Waals surface area contributed by atoms with Gasteiger partial charge in [-0.05, 0) is 17.7 Å². The van der Waals surface area contributed by atoms with E-state index in [1.165, 1.54) is 35.1 Å². The number of nitrogens with one attached hydrogen (secondary N) is 1. The van der Waals surface area contributed by atoms with Gasteiger partial charge in [0.2, 0.25) is 12.0 Å². The van der Waals surface area contributed by atoms with E-state index in [1.54, 1.807) is 0 Å². The van der Waals surface area contributed by atoms with Crippen molar-refractivity contribution >= 4 is 29.8 Å². The van der Waals surface area contributed by atoms with E-state index >= 15 is 0 Å². The summed E-state index contributed by atoms with van der Waals surface area (Å²) in [7, 11) is 0. The molecule has 9 N–H and O–H groups in total. The lowest BCUT2D eigenvalue weighted by molar-refractivity contribution is -0.456. The fourth-order valence-corrected chi connectivity index (χ4v) is 4.58. The Morgan fingerprint density at radius 3 is 2.38 bits per heavy atom. The third-order valence-electron chi connectivity index (χ3n) is 6.64. The maximum absolute atomic E-state index is 12.0. The quantitative estimate of drug-likeness (QED) is 0.161. The van der Waals surface area contributed by atoms with Gasteiger partial charge in [-0.3, -0.25) is 0 Å². The van der Waals surface area contributed by atoms with Gasteiger partial charge in [0.15, 0.2) is 17.7 Å². The number of hydrogen-bond acceptors (Lipinski definition) is 11. The molecule has 0 aliphatic carbocycles. The summed E-state index contributed by atoms with van der Waals surface area (Å²) in [5.74, 6) is -4.55. The molecule has 7 atom stereocenters. The summed E-state index contributed by atoms with van der Waals surface area (Å²) in [5, 5.41) is 80.9. The Kier molecular flexibility index (Phi) is 7.89. The van der Waals surface area contributed by atoms with E-state index in [1.807, 2.05) is 0 Å². The Morgan fingerprint density at radius 1 is 1.05 bits per heavy atom. The van der Waals surface area contributed by atoms with Crippen LogP contribution in [0.15, 0.2) is 35.6 Å². The molecule has 1 aromatic carbocycles. The number of aliphatic hydroxyl groups is 4. The molecule has 1 aromatic rings. The van der Waals surface area contributed by atoms with Crippen LogP contribution in [0.2, 0.25) is 0 Å². The number of aliphatic hydroxyl groups excluding tert-OH is 4. The van der Waals surface area contributed by atoms with Crippen LogP contribution < -0.4 is 10.1 Å². The normalized spacial score (nSPS) is 32.3. The molecule has 1 fully saturated rings. The molecule has 39 heavy (non-hydrogen) atoms. The van der Waals surface area contributed by atoms with E-state index in [0.29, 0.717) is 11.1 Å². The molecule has 3 aliphatic heterocycles. The molecule has 4 rings (SSSR count). The summed E-state index contributed by atoms with van der Waals surface area (Å²) in [6, 6.07) is 0.177. The third-order valence-corrected chi connectivity index (χ3v) is 6.64. The Labute approximate surface area is 219 Å². The van der Waals surface area contributed by atoms with Crippen molar-refractivity contribution in [3.05, 3.63) is 41.1 Å². The van der Waals surface area contributed by atoms with Crippen LogP contribution in [0.3, 0.4) is 0 Å². The maximum atomic E-state index is 12.0. The predicted octanol–water partition coefficient (Wildman–Crippen LogP) is -2.36. The van der Waals surface area contributed by atoms with Crippen LogP contribution in [0.4, 0.5) is 5.69 Å². The van der Waals surface area contributed by atoms with Crippen LogP contribution in [0.1, 0.15) is 12.0 Å². The molecule has 0 amide bonds. The van der Waals surface area contributed by atoms with Crippen molar-refractivity contribution < 1.29 is 69.3 Å². The third kappa shape index (κ3) is 5.57. The highest BCUT2D eigenvalue weighted by Crippen LogP contribution is 2.40. The molecule has 1 saturated heterocycles. The summed E-state index contributed by atoms with van der Waals surface area (Å²) in [4.78, 5) is 34.8. The SMILES string of the molecule is O=C(O)C1=C/C(=C\C=[N+]2c3cc(O)c(O[C@@H]4O[C@H](CO)[C@H](O)[C@H](O)[C@H]4O)cc3C[C@H]2C(=O)O)C[C@@H](C(=O)O)N1. The van der Waals surface area contributed by atoms with Gasteiger partial charge < -0.3 is 55.6 Å². The first-order valence-electron chi connectivity index (χ1n) is 11.7. The van der Waals surface area contributed by atoms with E-state index in [4.69, 9.17) is 9.47 Å². The largest absolute Gasteiger partial charge is 0.504 e. The highest BCUT2D eigenvalue weighted by Gasteiger charge is 2.46. The first-order valence-corrected chi connectivity index (χ1v) is 11.7. The van der Waals surface area contributed by atoms with E-state index in [9.17, 15) is 55.2 Å². The van der Waals surface area contributed by atoms with Crippen molar-refractivity contribution in [3.63, 3.8) is 0 Å². The number of nitrogens with zero attached hydrogens (tertiary/aromatic N) is 1. The van der Waals surface area contributed by atoms with Crippen LogP contribution in [-0.4, -0.2) is 119 Å². The zero-order chi connectivity index (χ0) is 28.6. The number of phenolic OH excluding ortho intramolecular Hbond substituents is 1. The van der Waals surface area contributed by atoms with E-state index < -0.39 is 73.1 Å². The number of hydrogen-bond donors (Lipinski definition) is 9. The molecule has 3 heterocycles. The van der Waals surface area contributed by atoms with E-state index in [-0.39, 0.29) is 30.0 Å². The topological polar surface area (TPSA) is 247 Å². The van der Waals surface area contributed by atoms with Crippen LogP contribution >= 0.6 is 0 Å². The van der Waals surface area contributed by atoms with Gasteiger partial charge in [0.1, 0.15) is 36.2 Å². The number of aromatic hydroxyl groups is 1. The lowest BCUT2D eigenvalue weighted by Crippen LogP contribution is -2.60. The second-order valence-corrected chi connectivity index (χ2v) is 9.22. The Bertz CT molecular complexity index is 1270. The number of carbonyl (C=O) groups is 3. The van der Waals surface area contributed by atoms with Crippen molar-refractivity contribution in [2.45, 2.75) is 55.6 Å². The smallest absolute Gasteiger partial charge is 0.373 e. The number of carboxylic acid groups (broad SMARTS) is 3. The van der Waals surface area contributed by atoms with Gasteiger partial charge in [0.05, 0.1) is 19.1 Å². The molecule has 0 saturated carbocycles. The van der Waals surface area contributed by atoms with Crippen LogP contribution in [0, 0.1) is 0 Å². The van der Waals surface area contributed by atoms with Gasteiger partial charge in [-0.2, -0.15) is 4.58 Å². The van der Waals surface area contributed by atoms with Crippen molar-refractivity contribution in [3.8, 4) is 11.5 Å². The molecule has 210 valence electrons. The van der Waals surface area contributed by atoms with Crippen LogP contribution in [-0.2, 0) is 25.5 Å². The molecule has 0 bridgehead atoms. The molecule has 15 nitrogen and oxygen atoms in total. The lowest BCUT2D eigenvalue weighted by atomic mass is 9.99.